The van der Waals surface area contributed by atoms with Gasteiger partial charge in [0, 0.05) is 31.3 Å². The minimum Gasteiger partial charge on any atom is -0.391 e. The number of likely N-dealkylation sites (tertiary alicyclic amines) is 1. The third kappa shape index (κ3) is 2.81. The Hall–Kier alpha value is -1.16. The van der Waals surface area contributed by atoms with Crippen LogP contribution >= 0.6 is 0 Å². The molecule has 5 aliphatic rings. The number of fused-ring (bicyclic) bond motifs is 5. The van der Waals surface area contributed by atoms with Crippen LogP contribution in [0.4, 0.5) is 0 Å². The van der Waals surface area contributed by atoms with Crippen LogP contribution in [0, 0.1) is 28.6 Å². The summed E-state index contributed by atoms with van der Waals surface area (Å²) in [5.74, 6) is 2.68. The van der Waals surface area contributed by atoms with Crippen LogP contribution < -0.4 is 0 Å². The van der Waals surface area contributed by atoms with Crippen molar-refractivity contribution >= 4 is 11.5 Å². The highest BCUT2D eigenvalue weighted by Gasteiger charge is 2.58. The topological polar surface area (TPSA) is 41.9 Å². The molecule has 3 saturated carbocycles. The minimum absolute atomic E-state index is 0.0116. The van der Waals surface area contributed by atoms with Crippen LogP contribution in [0.2, 0.25) is 0 Å². The molecule has 6 atom stereocenters. The Kier molecular flexibility index (Phi) is 4.50. The molecular weight excluding hydrogens is 348 g/mol. The normalized spacial score (nSPS) is 47.5. The number of allylic oxidation sites excluding steroid dienone is 2. The summed E-state index contributed by atoms with van der Waals surface area (Å²) < 4.78 is 0. The van der Waals surface area contributed by atoms with Crippen molar-refractivity contribution in [1.29, 1.82) is 0 Å². The standard InChI is InChI=1S/C24H36N2O2/c1-23-11-8-17(25-28-18-10-13-26(3)15-18)14-16(23)4-5-19-20-6-7-22(27)24(20,2)12-9-21(19)23/h14,18-21H,4-13,15H2,1-3H3/t18?,19?,20?,21?,23-,24+/m1/s1. The maximum Gasteiger partial charge on any atom is 0.141 e. The van der Waals surface area contributed by atoms with Gasteiger partial charge in [0.25, 0.3) is 0 Å². The number of nitrogens with zero attached hydrogens (tertiary/aromatic N) is 2. The van der Waals surface area contributed by atoms with Crippen molar-refractivity contribution in [3.05, 3.63) is 11.6 Å². The quantitative estimate of drug-likeness (QED) is 0.654. The molecule has 154 valence electrons. The summed E-state index contributed by atoms with van der Waals surface area (Å²) in [6.45, 7) is 6.90. The lowest BCUT2D eigenvalue weighted by atomic mass is 9.47. The largest absolute Gasteiger partial charge is 0.391 e. The van der Waals surface area contributed by atoms with Gasteiger partial charge < -0.3 is 9.74 Å². The average Bonchev–Trinajstić information content (AvgIpc) is 3.23. The molecule has 0 aromatic heterocycles. The summed E-state index contributed by atoms with van der Waals surface area (Å²) in [6.07, 6.45) is 12.7. The molecule has 0 bridgehead atoms. The lowest BCUT2D eigenvalue weighted by Crippen LogP contribution is -2.50. The summed E-state index contributed by atoms with van der Waals surface area (Å²) in [5, 5.41) is 4.57. The van der Waals surface area contributed by atoms with Gasteiger partial charge in [0.05, 0.1) is 5.71 Å². The van der Waals surface area contributed by atoms with E-state index in [9.17, 15) is 4.79 Å². The molecule has 4 heteroatoms. The fourth-order valence-corrected chi connectivity index (χ4v) is 7.54. The number of hydrogen-bond acceptors (Lipinski definition) is 4. The molecule has 1 heterocycles. The van der Waals surface area contributed by atoms with E-state index in [1.54, 1.807) is 5.57 Å². The molecule has 4 fully saturated rings. The van der Waals surface area contributed by atoms with E-state index in [1.807, 2.05) is 0 Å². The van der Waals surface area contributed by atoms with E-state index < -0.39 is 0 Å². The van der Waals surface area contributed by atoms with Gasteiger partial charge in [-0.05, 0) is 81.2 Å². The summed E-state index contributed by atoms with van der Waals surface area (Å²) in [7, 11) is 2.15. The number of carbonyl (C=O) groups is 1. The third-order valence-electron chi connectivity index (χ3n) is 9.35. The van der Waals surface area contributed by atoms with Crippen LogP contribution in [0.5, 0.6) is 0 Å². The van der Waals surface area contributed by atoms with Gasteiger partial charge in [0.1, 0.15) is 11.9 Å². The molecule has 0 N–H and O–H groups in total. The molecule has 0 amide bonds. The molecule has 1 aliphatic heterocycles. The molecule has 0 aromatic rings. The second-order valence-electron chi connectivity index (χ2n) is 10.8. The van der Waals surface area contributed by atoms with E-state index in [0.717, 1.165) is 62.7 Å². The molecule has 5 rings (SSSR count). The first kappa shape index (κ1) is 18.8. The van der Waals surface area contributed by atoms with Gasteiger partial charge in [-0.25, -0.2) is 0 Å². The second kappa shape index (κ2) is 6.68. The number of ketones is 1. The third-order valence-corrected chi connectivity index (χ3v) is 9.35. The van der Waals surface area contributed by atoms with Crippen LogP contribution in [0.1, 0.15) is 71.6 Å². The zero-order valence-corrected chi connectivity index (χ0v) is 17.9. The Morgan fingerprint density at radius 2 is 1.86 bits per heavy atom. The van der Waals surface area contributed by atoms with Gasteiger partial charge in [-0.2, -0.15) is 0 Å². The molecule has 0 aromatic carbocycles. The van der Waals surface area contributed by atoms with Crippen LogP contribution in [-0.4, -0.2) is 42.6 Å². The highest BCUT2D eigenvalue weighted by atomic mass is 16.6. The van der Waals surface area contributed by atoms with E-state index in [1.165, 1.54) is 25.7 Å². The van der Waals surface area contributed by atoms with Crippen LogP contribution in [0.3, 0.4) is 0 Å². The van der Waals surface area contributed by atoms with Gasteiger partial charge in [0.2, 0.25) is 0 Å². The summed E-state index contributed by atoms with van der Waals surface area (Å²) in [4.78, 5) is 20.8. The number of carbonyl (C=O) groups excluding carboxylic acids is 1. The Morgan fingerprint density at radius 1 is 1.04 bits per heavy atom. The van der Waals surface area contributed by atoms with E-state index in [0.29, 0.717) is 17.1 Å². The van der Waals surface area contributed by atoms with Gasteiger partial charge >= 0.3 is 0 Å². The highest BCUT2D eigenvalue weighted by molar-refractivity contribution is 5.96. The maximum absolute atomic E-state index is 12.6. The molecule has 4 aliphatic carbocycles. The van der Waals surface area contributed by atoms with Crippen molar-refractivity contribution in [2.45, 2.75) is 77.7 Å². The Balaban J connectivity index is 1.34. The van der Waals surface area contributed by atoms with Crippen LogP contribution in [-0.2, 0) is 9.63 Å². The minimum atomic E-state index is -0.0116. The predicted octanol–water partition coefficient (Wildman–Crippen LogP) is 4.60. The van der Waals surface area contributed by atoms with Gasteiger partial charge in [-0.1, -0.05) is 24.6 Å². The summed E-state index contributed by atoms with van der Waals surface area (Å²) in [5.41, 5.74) is 3.06. The van der Waals surface area contributed by atoms with E-state index in [-0.39, 0.29) is 11.5 Å². The number of hydrogen-bond donors (Lipinski definition) is 0. The van der Waals surface area contributed by atoms with E-state index in [4.69, 9.17) is 4.84 Å². The molecule has 1 saturated heterocycles. The van der Waals surface area contributed by atoms with Crippen molar-refractivity contribution in [3.63, 3.8) is 0 Å². The number of rotatable bonds is 2. The van der Waals surface area contributed by atoms with E-state index >= 15 is 0 Å². The fraction of sp³-hybridized carbons (Fsp3) is 0.833. The molecule has 0 spiro atoms. The predicted molar refractivity (Wildman–Crippen MR) is 111 cm³/mol. The molecule has 0 radical (unpaired) electrons. The smallest absolute Gasteiger partial charge is 0.141 e. The lowest BCUT2D eigenvalue weighted by Gasteiger charge is -2.57. The van der Waals surface area contributed by atoms with Crippen molar-refractivity contribution < 1.29 is 9.63 Å². The Bertz CT molecular complexity index is 728. The van der Waals surface area contributed by atoms with E-state index in [2.05, 4.69) is 37.0 Å². The average molecular weight is 385 g/mol. The first-order valence-corrected chi connectivity index (χ1v) is 11.6. The Labute approximate surface area is 169 Å². The summed E-state index contributed by atoms with van der Waals surface area (Å²) in [6, 6.07) is 0. The fourth-order valence-electron chi connectivity index (χ4n) is 7.54. The van der Waals surface area contributed by atoms with Crippen molar-refractivity contribution in [2.24, 2.45) is 33.7 Å². The second-order valence-corrected chi connectivity index (χ2v) is 10.8. The number of oxime groups is 1. The molecule has 4 unspecified atom stereocenters. The van der Waals surface area contributed by atoms with Crippen LogP contribution in [0.25, 0.3) is 0 Å². The van der Waals surface area contributed by atoms with Gasteiger partial charge in [0.15, 0.2) is 0 Å². The summed E-state index contributed by atoms with van der Waals surface area (Å²) >= 11 is 0. The monoisotopic (exact) mass is 384 g/mol. The van der Waals surface area contributed by atoms with Crippen molar-refractivity contribution in [3.8, 4) is 0 Å². The lowest BCUT2D eigenvalue weighted by molar-refractivity contribution is -0.132. The first-order valence-electron chi connectivity index (χ1n) is 11.6. The zero-order chi connectivity index (χ0) is 19.5. The highest BCUT2D eigenvalue weighted by Crippen LogP contribution is 2.64. The number of Topliss-reactive ketones (excluding diaryl/α,β-unsaturated/α-hetero) is 1. The number of likely N-dealkylation sites (N-methyl/N-ethyl adjacent to an activating group) is 1. The van der Waals surface area contributed by atoms with Gasteiger partial charge in [-0.15, -0.1) is 0 Å². The maximum atomic E-state index is 12.6. The zero-order valence-electron chi connectivity index (χ0n) is 17.9. The molecular formula is C24H36N2O2. The van der Waals surface area contributed by atoms with Gasteiger partial charge in [-0.3, -0.25) is 4.79 Å². The molecule has 28 heavy (non-hydrogen) atoms. The SMILES string of the molecule is CN1CCC(ON=C2C=C3CCC4C5CCC(=O)[C@@]5(C)CCC4[C@]3(C)CC2)C1. The Morgan fingerprint density at radius 3 is 2.64 bits per heavy atom. The molecule has 4 nitrogen and oxygen atoms in total. The first-order chi connectivity index (χ1) is 13.4. The van der Waals surface area contributed by atoms with Crippen molar-refractivity contribution in [2.75, 3.05) is 20.1 Å². The van der Waals surface area contributed by atoms with Crippen molar-refractivity contribution in [1.82, 2.24) is 4.90 Å². The van der Waals surface area contributed by atoms with Crippen LogP contribution in [0.15, 0.2) is 16.8 Å².